The van der Waals surface area contributed by atoms with Crippen LogP contribution in [0.3, 0.4) is 0 Å². The van der Waals surface area contributed by atoms with Crippen LogP contribution in [0.4, 0.5) is 0 Å². The molecule has 1 N–H and O–H groups in total. The zero-order chi connectivity index (χ0) is 15.0. The summed E-state index contributed by atoms with van der Waals surface area (Å²) in [5, 5.41) is 7.58. The molecule has 4 nitrogen and oxygen atoms in total. The molecule has 1 saturated carbocycles. The fraction of sp³-hybridized carbons (Fsp3) is 0.412. The molecule has 2 aromatic rings. The van der Waals surface area contributed by atoms with Crippen LogP contribution in [0, 0.1) is 20.8 Å². The van der Waals surface area contributed by atoms with E-state index in [1.807, 2.05) is 18.5 Å². The molecule has 1 heterocycles. The van der Waals surface area contributed by atoms with E-state index in [2.05, 4.69) is 41.6 Å². The molecule has 1 aromatic heterocycles. The molecule has 110 valence electrons. The minimum absolute atomic E-state index is 0.0163. The molecule has 0 aliphatic heterocycles. The summed E-state index contributed by atoms with van der Waals surface area (Å²) in [5.74, 6) is 0.0163. The molecule has 3 rings (SSSR count). The van der Waals surface area contributed by atoms with Crippen molar-refractivity contribution in [1.82, 2.24) is 15.1 Å². The number of carbonyl (C=O) groups is 1. The molecule has 4 heteroatoms. The van der Waals surface area contributed by atoms with Gasteiger partial charge in [0.05, 0.1) is 17.8 Å². The number of hydrogen-bond donors (Lipinski definition) is 1. The van der Waals surface area contributed by atoms with Gasteiger partial charge >= 0.3 is 0 Å². The van der Waals surface area contributed by atoms with Gasteiger partial charge in [-0.1, -0.05) is 29.8 Å². The van der Waals surface area contributed by atoms with Gasteiger partial charge in [-0.05, 0) is 39.2 Å². The zero-order valence-electron chi connectivity index (χ0n) is 12.8. The predicted octanol–water partition coefficient (Wildman–Crippen LogP) is 2.75. The van der Waals surface area contributed by atoms with E-state index < -0.39 is 0 Å². The molecule has 0 radical (unpaired) electrons. The quantitative estimate of drug-likeness (QED) is 0.938. The Hall–Kier alpha value is -2.10. The second-order valence-electron chi connectivity index (χ2n) is 5.94. The summed E-state index contributed by atoms with van der Waals surface area (Å²) in [6.45, 7) is 6.65. The molecule has 0 bridgehead atoms. The highest BCUT2D eigenvalue weighted by atomic mass is 16.1. The number of rotatable bonds is 4. The monoisotopic (exact) mass is 283 g/mol. The lowest BCUT2D eigenvalue weighted by atomic mass is 10.1. The molecule has 21 heavy (non-hydrogen) atoms. The van der Waals surface area contributed by atoms with Crippen LogP contribution >= 0.6 is 0 Å². The summed E-state index contributed by atoms with van der Waals surface area (Å²) in [5.41, 5.74) is 4.91. The molecule has 1 fully saturated rings. The molecule has 1 aromatic carbocycles. The van der Waals surface area contributed by atoms with E-state index in [1.165, 1.54) is 11.1 Å². The maximum absolute atomic E-state index is 12.3. The number of hydrogen-bond acceptors (Lipinski definition) is 2. The molecular formula is C17H21N3O. The van der Waals surface area contributed by atoms with Crippen molar-refractivity contribution in [1.29, 1.82) is 0 Å². The Morgan fingerprint density at radius 1 is 1.24 bits per heavy atom. The van der Waals surface area contributed by atoms with Crippen molar-refractivity contribution in [2.75, 3.05) is 0 Å². The van der Waals surface area contributed by atoms with Gasteiger partial charge in [-0.15, -0.1) is 0 Å². The zero-order valence-corrected chi connectivity index (χ0v) is 12.8. The summed E-state index contributed by atoms with van der Waals surface area (Å²) >= 11 is 0. The van der Waals surface area contributed by atoms with E-state index in [0.717, 1.165) is 29.8 Å². The van der Waals surface area contributed by atoms with Gasteiger partial charge in [-0.25, -0.2) is 0 Å². The van der Waals surface area contributed by atoms with E-state index in [-0.39, 0.29) is 5.91 Å². The Morgan fingerprint density at radius 2 is 1.90 bits per heavy atom. The lowest BCUT2D eigenvalue weighted by Gasteiger charge is -2.06. The molecule has 1 amide bonds. The second kappa shape index (κ2) is 5.35. The maximum Gasteiger partial charge on any atom is 0.255 e. The van der Waals surface area contributed by atoms with Crippen LogP contribution in [0.5, 0.6) is 0 Å². The Balaban J connectivity index is 1.82. The molecule has 0 atom stereocenters. The highest BCUT2D eigenvalue weighted by Crippen LogP contribution is 2.21. The van der Waals surface area contributed by atoms with Crippen molar-refractivity contribution in [3.8, 4) is 0 Å². The summed E-state index contributed by atoms with van der Waals surface area (Å²) in [6, 6.07) is 8.78. The Bertz CT molecular complexity index is 666. The standard InChI is InChI=1S/C17H21N3O/c1-11-4-6-14(7-5-11)10-20-13(3)16(12(2)19-20)17(21)18-15-8-9-15/h4-7,15H,8-10H2,1-3H3,(H,18,21). The minimum Gasteiger partial charge on any atom is -0.349 e. The van der Waals surface area contributed by atoms with Crippen molar-refractivity contribution in [3.63, 3.8) is 0 Å². The normalized spacial score (nSPS) is 14.2. The molecule has 1 aliphatic carbocycles. The Labute approximate surface area is 125 Å². The van der Waals surface area contributed by atoms with Gasteiger partial charge in [0.1, 0.15) is 0 Å². The Morgan fingerprint density at radius 3 is 2.52 bits per heavy atom. The van der Waals surface area contributed by atoms with Gasteiger partial charge < -0.3 is 5.32 Å². The van der Waals surface area contributed by atoms with Gasteiger partial charge in [0.2, 0.25) is 0 Å². The number of nitrogens with zero attached hydrogens (tertiary/aromatic N) is 2. The van der Waals surface area contributed by atoms with Crippen molar-refractivity contribution in [2.45, 2.75) is 46.2 Å². The van der Waals surface area contributed by atoms with Crippen LogP contribution < -0.4 is 5.32 Å². The summed E-state index contributed by atoms with van der Waals surface area (Å²) < 4.78 is 1.92. The molecule has 1 aliphatic rings. The first-order valence-electron chi connectivity index (χ1n) is 7.45. The SMILES string of the molecule is Cc1ccc(Cn2nc(C)c(C(=O)NC3CC3)c2C)cc1. The molecule has 0 saturated heterocycles. The number of aryl methyl sites for hydroxylation is 2. The number of carbonyl (C=O) groups excluding carboxylic acids is 1. The topological polar surface area (TPSA) is 46.9 Å². The van der Waals surface area contributed by atoms with Crippen LogP contribution in [-0.4, -0.2) is 21.7 Å². The molecule has 0 spiro atoms. The van der Waals surface area contributed by atoms with Gasteiger partial charge in [0.15, 0.2) is 0 Å². The summed E-state index contributed by atoms with van der Waals surface area (Å²) in [7, 11) is 0. The van der Waals surface area contributed by atoms with E-state index >= 15 is 0 Å². The molecule has 0 unspecified atom stereocenters. The van der Waals surface area contributed by atoms with Gasteiger partial charge in [-0.2, -0.15) is 5.10 Å². The first-order chi connectivity index (χ1) is 10.0. The first kappa shape index (κ1) is 13.9. The van der Waals surface area contributed by atoms with E-state index in [1.54, 1.807) is 0 Å². The lowest BCUT2D eigenvalue weighted by Crippen LogP contribution is -2.26. The third-order valence-corrected chi connectivity index (χ3v) is 3.97. The second-order valence-corrected chi connectivity index (χ2v) is 5.94. The number of amides is 1. The van der Waals surface area contributed by atoms with Crippen LogP contribution in [0.2, 0.25) is 0 Å². The highest BCUT2D eigenvalue weighted by molar-refractivity contribution is 5.96. The van der Waals surface area contributed by atoms with Crippen LogP contribution in [0.25, 0.3) is 0 Å². The lowest BCUT2D eigenvalue weighted by molar-refractivity contribution is 0.0949. The highest BCUT2D eigenvalue weighted by Gasteiger charge is 2.26. The average Bonchev–Trinajstić information content (AvgIpc) is 3.19. The van der Waals surface area contributed by atoms with Crippen LogP contribution in [0.15, 0.2) is 24.3 Å². The van der Waals surface area contributed by atoms with Crippen molar-refractivity contribution < 1.29 is 4.79 Å². The van der Waals surface area contributed by atoms with Gasteiger partial charge in [0, 0.05) is 11.7 Å². The first-order valence-corrected chi connectivity index (χ1v) is 7.45. The summed E-state index contributed by atoms with van der Waals surface area (Å²) in [4.78, 5) is 12.3. The van der Waals surface area contributed by atoms with Crippen molar-refractivity contribution in [3.05, 3.63) is 52.3 Å². The minimum atomic E-state index is 0.0163. The van der Waals surface area contributed by atoms with E-state index in [9.17, 15) is 4.79 Å². The Kier molecular flexibility index (Phi) is 3.53. The smallest absolute Gasteiger partial charge is 0.255 e. The van der Waals surface area contributed by atoms with Crippen molar-refractivity contribution in [2.24, 2.45) is 0 Å². The third-order valence-electron chi connectivity index (χ3n) is 3.97. The maximum atomic E-state index is 12.3. The predicted molar refractivity (Wildman–Crippen MR) is 82.5 cm³/mol. The molecular weight excluding hydrogens is 262 g/mol. The fourth-order valence-electron chi connectivity index (χ4n) is 2.53. The van der Waals surface area contributed by atoms with Crippen LogP contribution in [-0.2, 0) is 6.54 Å². The van der Waals surface area contributed by atoms with Gasteiger partial charge in [-0.3, -0.25) is 9.48 Å². The van der Waals surface area contributed by atoms with E-state index in [4.69, 9.17) is 0 Å². The number of nitrogens with one attached hydrogen (secondary N) is 1. The summed E-state index contributed by atoms with van der Waals surface area (Å²) in [6.07, 6.45) is 2.20. The number of aromatic nitrogens is 2. The van der Waals surface area contributed by atoms with Crippen LogP contribution in [0.1, 0.15) is 45.7 Å². The van der Waals surface area contributed by atoms with Crippen molar-refractivity contribution >= 4 is 5.91 Å². The average molecular weight is 283 g/mol. The number of benzene rings is 1. The third kappa shape index (κ3) is 2.99. The largest absolute Gasteiger partial charge is 0.349 e. The van der Waals surface area contributed by atoms with E-state index in [0.29, 0.717) is 12.6 Å². The fourth-order valence-corrected chi connectivity index (χ4v) is 2.53. The van der Waals surface area contributed by atoms with Gasteiger partial charge in [0.25, 0.3) is 5.91 Å².